The van der Waals surface area contributed by atoms with Crippen LogP contribution in [0.5, 0.6) is 11.5 Å². The van der Waals surface area contributed by atoms with Gasteiger partial charge in [-0.2, -0.15) is 0 Å². The Morgan fingerprint density at radius 3 is 2.06 bits per heavy atom. The molecule has 0 aliphatic heterocycles. The number of nitrogens with zero attached hydrogens (tertiary/aromatic N) is 1. The molecule has 0 saturated carbocycles. The Kier molecular flexibility index (Phi) is 7.91. The summed E-state index contributed by atoms with van der Waals surface area (Å²) >= 11 is 2.62. The van der Waals surface area contributed by atoms with E-state index in [2.05, 4.69) is 10.3 Å². The molecule has 0 aliphatic rings. The van der Waals surface area contributed by atoms with E-state index < -0.39 is 5.97 Å². The molecule has 0 fully saturated rings. The highest BCUT2D eigenvalue weighted by Gasteiger charge is 2.18. The van der Waals surface area contributed by atoms with Gasteiger partial charge in [-0.15, -0.1) is 11.3 Å². The number of nitrogens with one attached hydrogen (secondary N) is 1. The summed E-state index contributed by atoms with van der Waals surface area (Å²) in [5, 5.41) is 13.6. The van der Waals surface area contributed by atoms with Gasteiger partial charge < -0.3 is 19.9 Å². The molecule has 2 aromatic carbocycles. The Morgan fingerprint density at radius 1 is 1.03 bits per heavy atom. The summed E-state index contributed by atoms with van der Waals surface area (Å²) in [4.78, 5) is 27.7. The third-order valence-corrected chi connectivity index (χ3v) is 6.46. The fourth-order valence-corrected chi connectivity index (χ4v) is 4.53. The quantitative estimate of drug-likeness (QED) is 0.446. The standard InChI is InChI=1S/C22H22N2O5S2/c1-28-17-7-3-14(4-8-17)21(15-5-9-18(29-2)10-6-15)24-19(25)13-31-22-23-16(12-30-22)11-20(26)27/h3-10,12,21H,11,13H2,1-2H3,(H,24,25)(H,26,27). The lowest BCUT2D eigenvalue weighted by molar-refractivity contribution is -0.136. The number of carboxylic acid groups (broad SMARTS) is 1. The van der Waals surface area contributed by atoms with Crippen molar-refractivity contribution in [1.29, 1.82) is 0 Å². The summed E-state index contributed by atoms with van der Waals surface area (Å²) in [6.45, 7) is 0. The average Bonchev–Trinajstić information content (AvgIpc) is 3.23. The van der Waals surface area contributed by atoms with Gasteiger partial charge in [0.05, 0.1) is 38.1 Å². The van der Waals surface area contributed by atoms with Crippen molar-refractivity contribution in [2.24, 2.45) is 0 Å². The van der Waals surface area contributed by atoms with Gasteiger partial charge in [-0.3, -0.25) is 9.59 Å². The van der Waals surface area contributed by atoms with Crippen LogP contribution < -0.4 is 14.8 Å². The third-order valence-electron chi connectivity index (χ3n) is 4.39. The molecule has 9 heteroatoms. The molecule has 3 rings (SSSR count). The van der Waals surface area contributed by atoms with Crippen molar-refractivity contribution in [3.63, 3.8) is 0 Å². The highest BCUT2D eigenvalue weighted by molar-refractivity contribution is 8.01. The molecular formula is C22H22N2O5S2. The maximum absolute atomic E-state index is 12.7. The van der Waals surface area contributed by atoms with E-state index in [1.807, 2.05) is 48.5 Å². The number of hydrogen-bond donors (Lipinski definition) is 2. The number of benzene rings is 2. The van der Waals surface area contributed by atoms with Gasteiger partial charge in [0.2, 0.25) is 5.91 Å². The summed E-state index contributed by atoms with van der Waals surface area (Å²) in [6.07, 6.45) is -0.125. The molecule has 3 aromatic rings. The van der Waals surface area contributed by atoms with Crippen molar-refractivity contribution in [3.05, 3.63) is 70.7 Å². The molecule has 7 nitrogen and oxygen atoms in total. The van der Waals surface area contributed by atoms with E-state index in [9.17, 15) is 9.59 Å². The van der Waals surface area contributed by atoms with Crippen molar-refractivity contribution >= 4 is 35.0 Å². The topological polar surface area (TPSA) is 97.8 Å². The number of carbonyl (C=O) groups is 2. The van der Waals surface area contributed by atoms with E-state index in [4.69, 9.17) is 14.6 Å². The zero-order valence-electron chi connectivity index (χ0n) is 17.0. The Bertz CT molecular complexity index is 972. The number of methoxy groups -OCH3 is 2. The highest BCUT2D eigenvalue weighted by atomic mass is 32.2. The van der Waals surface area contributed by atoms with Crippen LogP contribution in [-0.2, 0) is 16.0 Å². The molecule has 1 amide bonds. The molecule has 2 N–H and O–H groups in total. The summed E-state index contributed by atoms with van der Waals surface area (Å²) < 4.78 is 11.1. The lowest BCUT2D eigenvalue weighted by atomic mass is 9.98. The predicted molar refractivity (Wildman–Crippen MR) is 120 cm³/mol. The van der Waals surface area contributed by atoms with Crippen molar-refractivity contribution in [1.82, 2.24) is 10.3 Å². The summed E-state index contributed by atoms with van der Waals surface area (Å²) in [7, 11) is 3.21. The molecule has 1 aromatic heterocycles. The number of amides is 1. The van der Waals surface area contributed by atoms with E-state index in [0.29, 0.717) is 10.0 Å². The Labute approximate surface area is 188 Å². The van der Waals surface area contributed by atoms with Crippen molar-refractivity contribution in [2.75, 3.05) is 20.0 Å². The van der Waals surface area contributed by atoms with E-state index in [1.54, 1.807) is 19.6 Å². The van der Waals surface area contributed by atoms with E-state index >= 15 is 0 Å². The normalized spacial score (nSPS) is 10.7. The number of ether oxygens (including phenoxy) is 2. The molecule has 31 heavy (non-hydrogen) atoms. The number of carbonyl (C=O) groups excluding carboxylic acids is 1. The number of rotatable bonds is 10. The number of thioether (sulfide) groups is 1. The van der Waals surface area contributed by atoms with Gasteiger partial charge in [-0.1, -0.05) is 36.0 Å². The van der Waals surface area contributed by atoms with E-state index in [1.165, 1.54) is 23.1 Å². The van der Waals surface area contributed by atoms with Crippen molar-refractivity contribution in [3.8, 4) is 11.5 Å². The van der Waals surface area contributed by atoms with Gasteiger partial charge in [-0.25, -0.2) is 4.98 Å². The molecule has 0 aliphatic carbocycles. The fourth-order valence-electron chi connectivity index (χ4n) is 2.87. The number of aliphatic carboxylic acids is 1. The van der Waals surface area contributed by atoms with Gasteiger partial charge in [0.1, 0.15) is 11.5 Å². The predicted octanol–water partition coefficient (Wildman–Crippen LogP) is 3.79. The first-order valence-corrected chi connectivity index (χ1v) is 11.2. The second kappa shape index (κ2) is 10.8. The SMILES string of the molecule is COc1ccc(C(NC(=O)CSc2nc(CC(=O)O)cs2)c2ccc(OC)cc2)cc1. The minimum Gasteiger partial charge on any atom is -0.497 e. The summed E-state index contributed by atoms with van der Waals surface area (Å²) in [5.41, 5.74) is 2.33. The van der Waals surface area contributed by atoms with Crippen LogP contribution >= 0.6 is 23.1 Å². The molecule has 0 spiro atoms. The molecular weight excluding hydrogens is 436 g/mol. The van der Waals surface area contributed by atoms with Crippen LogP contribution in [0.25, 0.3) is 0 Å². The van der Waals surface area contributed by atoms with Crippen molar-refractivity contribution in [2.45, 2.75) is 16.8 Å². The molecule has 0 saturated heterocycles. The van der Waals surface area contributed by atoms with Gasteiger partial charge in [-0.05, 0) is 35.4 Å². The Balaban J connectivity index is 1.71. The van der Waals surface area contributed by atoms with Crippen LogP contribution in [0.4, 0.5) is 0 Å². The first-order valence-electron chi connectivity index (χ1n) is 9.34. The Hall–Kier alpha value is -3.04. The number of hydrogen-bond acceptors (Lipinski definition) is 7. The van der Waals surface area contributed by atoms with Gasteiger partial charge >= 0.3 is 5.97 Å². The van der Waals surface area contributed by atoms with Crippen LogP contribution in [-0.4, -0.2) is 41.9 Å². The summed E-state index contributed by atoms with van der Waals surface area (Å²) in [5.74, 6) is 0.557. The van der Waals surface area contributed by atoms with Gasteiger partial charge in [0.25, 0.3) is 0 Å². The number of carboxylic acids is 1. The lowest BCUT2D eigenvalue weighted by Crippen LogP contribution is -2.30. The second-order valence-corrected chi connectivity index (χ2v) is 8.59. The van der Waals surface area contributed by atoms with Crippen LogP contribution in [0.1, 0.15) is 22.9 Å². The summed E-state index contributed by atoms with van der Waals surface area (Å²) in [6, 6.07) is 14.7. The molecule has 0 radical (unpaired) electrons. The monoisotopic (exact) mass is 458 g/mol. The van der Waals surface area contributed by atoms with E-state index in [-0.39, 0.29) is 24.1 Å². The molecule has 1 heterocycles. The first kappa shape index (κ1) is 22.6. The minimum atomic E-state index is -0.929. The largest absolute Gasteiger partial charge is 0.497 e. The van der Waals surface area contributed by atoms with Gasteiger partial charge in [0.15, 0.2) is 4.34 Å². The number of thiazole rings is 1. The maximum Gasteiger partial charge on any atom is 0.309 e. The molecule has 0 bridgehead atoms. The minimum absolute atomic E-state index is 0.125. The third kappa shape index (κ3) is 6.47. The zero-order chi connectivity index (χ0) is 22.2. The molecule has 162 valence electrons. The first-order chi connectivity index (χ1) is 15.0. The van der Waals surface area contributed by atoms with E-state index in [0.717, 1.165) is 22.6 Å². The molecule has 0 unspecified atom stereocenters. The fraction of sp³-hybridized carbons (Fsp3) is 0.227. The Morgan fingerprint density at radius 2 is 1.58 bits per heavy atom. The maximum atomic E-state index is 12.7. The lowest BCUT2D eigenvalue weighted by Gasteiger charge is -2.20. The van der Waals surface area contributed by atoms with Crippen LogP contribution in [0.3, 0.4) is 0 Å². The van der Waals surface area contributed by atoms with Crippen LogP contribution in [0, 0.1) is 0 Å². The van der Waals surface area contributed by atoms with Crippen LogP contribution in [0.2, 0.25) is 0 Å². The van der Waals surface area contributed by atoms with Crippen LogP contribution in [0.15, 0.2) is 58.3 Å². The average molecular weight is 459 g/mol. The highest BCUT2D eigenvalue weighted by Crippen LogP contribution is 2.27. The molecule has 0 atom stereocenters. The second-order valence-electron chi connectivity index (χ2n) is 6.51. The smallest absolute Gasteiger partial charge is 0.309 e. The number of aromatic nitrogens is 1. The van der Waals surface area contributed by atoms with Gasteiger partial charge in [0, 0.05) is 5.38 Å². The zero-order valence-corrected chi connectivity index (χ0v) is 18.7. The van der Waals surface area contributed by atoms with Crippen molar-refractivity contribution < 1.29 is 24.2 Å².